The smallest absolute Gasteiger partial charge is 0.296 e. The van der Waals surface area contributed by atoms with E-state index in [1.807, 2.05) is 6.92 Å². The molecule has 0 unspecified atom stereocenters. The zero-order valence-electron chi connectivity index (χ0n) is 21.0. The topological polar surface area (TPSA) is 76.7 Å². The van der Waals surface area contributed by atoms with E-state index >= 15 is 0 Å². The van der Waals surface area contributed by atoms with E-state index in [-0.39, 0.29) is 0 Å². The quantitative estimate of drug-likeness (QED) is 0.349. The van der Waals surface area contributed by atoms with E-state index < -0.39 is 5.76 Å². The van der Waals surface area contributed by atoms with Gasteiger partial charge in [0.1, 0.15) is 5.82 Å². The maximum absolute atomic E-state index is 11.7. The van der Waals surface area contributed by atoms with Crippen LogP contribution in [0.5, 0.6) is 0 Å². The molecule has 0 aliphatic heterocycles. The van der Waals surface area contributed by atoms with Crippen LogP contribution in [0.15, 0.2) is 63.9 Å². The molecule has 1 aliphatic carbocycles. The summed E-state index contributed by atoms with van der Waals surface area (Å²) in [5.41, 5.74) is 12.6. The highest BCUT2D eigenvalue weighted by atomic mass is 16.5. The first kappa shape index (κ1) is 22.3. The predicted octanol–water partition coefficient (Wildman–Crippen LogP) is 5.96. The molecular formula is C30H28N4O2. The van der Waals surface area contributed by atoms with Crippen LogP contribution in [0.1, 0.15) is 58.9 Å². The van der Waals surface area contributed by atoms with Crippen molar-refractivity contribution in [3.8, 4) is 5.69 Å². The maximum Gasteiger partial charge on any atom is 0.439 e. The van der Waals surface area contributed by atoms with Crippen LogP contribution in [0.3, 0.4) is 0 Å². The van der Waals surface area contributed by atoms with Gasteiger partial charge in [0.2, 0.25) is 0 Å². The lowest BCUT2D eigenvalue weighted by Crippen LogP contribution is -2.03. The number of aromatic amines is 1. The number of hydrogen-bond donors (Lipinski definition) is 1. The number of aromatic nitrogens is 4. The van der Waals surface area contributed by atoms with Crippen LogP contribution in [-0.4, -0.2) is 19.7 Å². The van der Waals surface area contributed by atoms with Gasteiger partial charge in [0.05, 0.1) is 11.0 Å². The van der Waals surface area contributed by atoms with E-state index in [1.165, 1.54) is 27.8 Å². The molecule has 0 amide bonds. The normalized spacial score (nSPS) is 14.4. The third-order valence-corrected chi connectivity index (χ3v) is 7.22. The first-order chi connectivity index (χ1) is 17.4. The Morgan fingerprint density at radius 3 is 2.58 bits per heavy atom. The van der Waals surface area contributed by atoms with Crippen LogP contribution in [0.4, 0.5) is 0 Å². The Bertz CT molecular complexity index is 1730. The summed E-state index contributed by atoms with van der Waals surface area (Å²) < 4.78 is 7.14. The van der Waals surface area contributed by atoms with Gasteiger partial charge in [-0.1, -0.05) is 48.5 Å². The standard InChI is InChI=1S/C30H28N4O2/c1-5-26-31-28-18(3)14-17(2)15-25(28)34(26)22-12-13-24-21(16-22)11-10-20-8-6-7-9-23(20)27(24)19(4)29-32-30(35)36-33-29/h6-9,12-16H,5,10-11H2,1-4H3,(H,32,33,35)/b27-19-. The van der Waals surface area contributed by atoms with Crippen molar-refractivity contribution in [2.45, 2.75) is 47.0 Å². The molecule has 5 aromatic rings. The van der Waals surface area contributed by atoms with Crippen molar-refractivity contribution in [1.29, 1.82) is 0 Å². The van der Waals surface area contributed by atoms with Gasteiger partial charge in [-0.25, -0.2) is 9.78 Å². The lowest BCUT2D eigenvalue weighted by atomic mass is 9.90. The Kier molecular flexibility index (Phi) is 5.25. The summed E-state index contributed by atoms with van der Waals surface area (Å²) in [6.07, 6.45) is 2.69. The van der Waals surface area contributed by atoms with Crippen molar-refractivity contribution >= 4 is 22.2 Å². The summed E-state index contributed by atoms with van der Waals surface area (Å²) in [6, 6.07) is 19.6. The maximum atomic E-state index is 11.7. The first-order valence-electron chi connectivity index (χ1n) is 12.4. The fourth-order valence-corrected chi connectivity index (χ4v) is 5.58. The van der Waals surface area contributed by atoms with Crippen molar-refractivity contribution in [3.05, 3.63) is 110 Å². The summed E-state index contributed by atoms with van der Waals surface area (Å²) in [4.78, 5) is 19.4. The second-order valence-corrected chi connectivity index (χ2v) is 9.61. The molecule has 6 nitrogen and oxygen atoms in total. The molecule has 1 aliphatic rings. The summed E-state index contributed by atoms with van der Waals surface area (Å²) in [7, 11) is 0. The Morgan fingerprint density at radius 1 is 1.03 bits per heavy atom. The second kappa shape index (κ2) is 8.48. The molecule has 0 bridgehead atoms. The number of hydrogen-bond acceptors (Lipinski definition) is 4. The fourth-order valence-electron chi connectivity index (χ4n) is 5.58. The Labute approximate surface area is 209 Å². The minimum absolute atomic E-state index is 0.460. The lowest BCUT2D eigenvalue weighted by Gasteiger charge is -2.17. The average molecular weight is 477 g/mol. The molecule has 0 fully saturated rings. The number of imidazole rings is 1. The van der Waals surface area contributed by atoms with Crippen LogP contribution in [0.2, 0.25) is 0 Å². The fraction of sp³-hybridized carbons (Fsp3) is 0.233. The molecule has 0 atom stereocenters. The molecule has 6 rings (SSSR count). The third kappa shape index (κ3) is 3.52. The molecule has 0 saturated carbocycles. The second-order valence-electron chi connectivity index (χ2n) is 9.61. The van der Waals surface area contributed by atoms with E-state index in [9.17, 15) is 4.79 Å². The Hall–Kier alpha value is -4.19. The van der Waals surface area contributed by atoms with Crippen LogP contribution in [-0.2, 0) is 19.3 Å². The van der Waals surface area contributed by atoms with Crippen LogP contribution >= 0.6 is 0 Å². The molecule has 6 heteroatoms. The number of nitrogens with one attached hydrogen (secondary N) is 1. The average Bonchev–Trinajstić information content (AvgIpc) is 3.43. The molecule has 2 heterocycles. The van der Waals surface area contributed by atoms with Gasteiger partial charge < -0.3 is 0 Å². The van der Waals surface area contributed by atoms with Crippen molar-refractivity contribution in [1.82, 2.24) is 19.7 Å². The lowest BCUT2D eigenvalue weighted by molar-refractivity contribution is 0.385. The van der Waals surface area contributed by atoms with Crippen molar-refractivity contribution in [2.24, 2.45) is 0 Å². The van der Waals surface area contributed by atoms with Crippen molar-refractivity contribution < 1.29 is 4.52 Å². The van der Waals surface area contributed by atoms with Gasteiger partial charge in [-0.2, -0.15) is 0 Å². The van der Waals surface area contributed by atoms with E-state index in [4.69, 9.17) is 9.51 Å². The van der Waals surface area contributed by atoms with E-state index in [0.29, 0.717) is 5.82 Å². The summed E-state index contributed by atoms with van der Waals surface area (Å²) >= 11 is 0. The van der Waals surface area contributed by atoms with Gasteiger partial charge in [-0.3, -0.25) is 14.1 Å². The molecule has 36 heavy (non-hydrogen) atoms. The highest BCUT2D eigenvalue weighted by molar-refractivity contribution is 5.99. The van der Waals surface area contributed by atoms with E-state index in [1.54, 1.807) is 0 Å². The van der Waals surface area contributed by atoms with Gasteiger partial charge in [0, 0.05) is 17.7 Å². The molecule has 2 aromatic heterocycles. The van der Waals surface area contributed by atoms with Gasteiger partial charge >= 0.3 is 5.76 Å². The zero-order chi connectivity index (χ0) is 25.0. The summed E-state index contributed by atoms with van der Waals surface area (Å²) in [5, 5.41) is 3.99. The van der Waals surface area contributed by atoms with Crippen LogP contribution < -0.4 is 5.76 Å². The van der Waals surface area contributed by atoms with Gasteiger partial charge in [0.15, 0.2) is 5.82 Å². The van der Waals surface area contributed by atoms with Crippen molar-refractivity contribution in [3.63, 3.8) is 0 Å². The van der Waals surface area contributed by atoms with Crippen molar-refractivity contribution in [2.75, 3.05) is 0 Å². The number of H-pyrrole nitrogens is 1. The molecule has 1 N–H and O–H groups in total. The number of rotatable bonds is 3. The SMILES string of the molecule is CCc1nc2c(C)cc(C)cc2n1-c1ccc2c(c1)CCc1ccccc1/C2=C(\C)c1noc(=O)[nH]1. The first-order valence-corrected chi connectivity index (χ1v) is 12.4. The number of allylic oxidation sites excluding steroid dienone is 1. The van der Waals surface area contributed by atoms with Gasteiger partial charge in [0.25, 0.3) is 0 Å². The summed E-state index contributed by atoms with van der Waals surface area (Å²) in [5.74, 6) is 0.969. The number of aryl methyl sites for hydroxylation is 5. The molecule has 0 radical (unpaired) electrons. The number of fused-ring (bicyclic) bond motifs is 3. The number of benzene rings is 3. The molecule has 180 valence electrons. The zero-order valence-corrected chi connectivity index (χ0v) is 21.0. The Balaban J connectivity index is 1.60. The van der Waals surface area contributed by atoms with Crippen LogP contribution in [0, 0.1) is 13.8 Å². The van der Waals surface area contributed by atoms with E-state index in [0.717, 1.165) is 58.5 Å². The molecule has 0 saturated heterocycles. The highest BCUT2D eigenvalue weighted by Gasteiger charge is 2.23. The van der Waals surface area contributed by atoms with E-state index in [2.05, 4.69) is 90.1 Å². The van der Waals surface area contributed by atoms with Crippen LogP contribution in [0.25, 0.3) is 27.9 Å². The highest BCUT2D eigenvalue weighted by Crippen LogP contribution is 2.39. The molecule has 0 spiro atoms. The van der Waals surface area contributed by atoms with Gasteiger partial charge in [-0.15, -0.1) is 0 Å². The number of nitrogens with zero attached hydrogens (tertiary/aromatic N) is 3. The minimum Gasteiger partial charge on any atom is -0.296 e. The van der Waals surface area contributed by atoms with Gasteiger partial charge in [-0.05, 0) is 90.8 Å². The third-order valence-electron chi connectivity index (χ3n) is 7.22. The minimum atomic E-state index is -0.549. The summed E-state index contributed by atoms with van der Waals surface area (Å²) in [6.45, 7) is 8.42. The molecular weight excluding hydrogens is 448 g/mol. The Morgan fingerprint density at radius 2 is 1.81 bits per heavy atom. The monoisotopic (exact) mass is 476 g/mol. The largest absolute Gasteiger partial charge is 0.439 e. The molecule has 3 aromatic carbocycles. The predicted molar refractivity (Wildman–Crippen MR) is 142 cm³/mol.